The lowest BCUT2D eigenvalue weighted by Gasteiger charge is -2.21. The summed E-state index contributed by atoms with van der Waals surface area (Å²) in [4.78, 5) is 12.1. The Bertz CT molecular complexity index is 760. The van der Waals surface area contributed by atoms with Crippen molar-refractivity contribution in [2.45, 2.75) is 56.3 Å². The molecule has 2 aliphatic rings. The minimum absolute atomic E-state index is 0.0136. The number of hydrogen-bond donors (Lipinski definition) is 2. The molecule has 0 spiro atoms. The standard InChI is InChI=1S/C20H30N2O5S/c23-20(21-15-16-6-2-1-3-7-16)8-4-11-22-28(24,25)17-9-10-18-19(14-17)27-13-5-12-26-18/h9-10,14,16,22H,1-8,11-13,15H2,(H,21,23). The molecule has 1 saturated carbocycles. The molecule has 1 amide bonds. The normalized spacial score (nSPS) is 17.7. The molecular formula is C20H30N2O5S. The third kappa shape index (κ3) is 6.10. The van der Waals surface area contributed by atoms with Crippen LogP contribution in [0.25, 0.3) is 0 Å². The van der Waals surface area contributed by atoms with Crippen molar-refractivity contribution in [1.29, 1.82) is 0 Å². The fourth-order valence-electron chi connectivity index (χ4n) is 3.59. The molecule has 0 saturated heterocycles. The molecule has 1 heterocycles. The fourth-order valence-corrected chi connectivity index (χ4v) is 4.68. The number of rotatable bonds is 8. The highest BCUT2D eigenvalue weighted by molar-refractivity contribution is 7.89. The Morgan fingerprint density at radius 2 is 1.79 bits per heavy atom. The largest absolute Gasteiger partial charge is 0.490 e. The Labute approximate surface area is 167 Å². The second kappa shape index (κ2) is 10.1. The van der Waals surface area contributed by atoms with Crippen molar-refractivity contribution < 1.29 is 22.7 Å². The van der Waals surface area contributed by atoms with Crippen molar-refractivity contribution in [2.75, 3.05) is 26.3 Å². The topological polar surface area (TPSA) is 93.7 Å². The van der Waals surface area contributed by atoms with Gasteiger partial charge in [0.2, 0.25) is 15.9 Å². The van der Waals surface area contributed by atoms with Crippen LogP contribution in [0.1, 0.15) is 51.4 Å². The quantitative estimate of drug-likeness (QED) is 0.643. The van der Waals surface area contributed by atoms with E-state index in [1.807, 2.05) is 0 Å². The zero-order valence-electron chi connectivity index (χ0n) is 16.2. The summed E-state index contributed by atoms with van der Waals surface area (Å²) in [6.07, 6.45) is 7.72. The Balaban J connectivity index is 1.41. The van der Waals surface area contributed by atoms with E-state index in [2.05, 4.69) is 10.0 Å². The highest BCUT2D eigenvalue weighted by Gasteiger charge is 2.19. The molecule has 0 unspecified atom stereocenters. The predicted octanol–water partition coefficient (Wildman–Crippen LogP) is 2.60. The minimum atomic E-state index is -3.65. The lowest BCUT2D eigenvalue weighted by atomic mass is 9.89. The molecule has 3 rings (SSSR count). The number of hydrogen-bond acceptors (Lipinski definition) is 5. The summed E-state index contributed by atoms with van der Waals surface area (Å²) < 4.78 is 38.6. The molecule has 1 aliphatic carbocycles. The predicted molar refractivity (Wildman–Crippen MR) is 106 cm³/mol. The molecule has 0 atom stereocenters. The van der Waals surface area contributed by atoms with Gasteiger partial charge in [-0.1, -0.05) is 19.3 Å². The zero-order chi connectivity index (χ0) is 19.8. The van der Waals surface area contributed by atoms with Gasteiger partial charge in [-0.25, -0.2) is 13.1 Å². The smallest absolute Gasteiger partial charge is 0.240 e. The van der Waals surface area contributed by atoms with Gasteiger partial charge in [0.25, 0.3) is 0 Å². The molecule has 156 valence electrons. The molecule has 0 bridgehead atoms. The van der Waals surface area contributed by atoms with Crippen LogP contribution in [0, 0.1) is 5.92 Å². The lowest BCUT2D eigenvalue weighted by molar-refractivity contribution is -0.121. The van der Waals surface area contributed by atoms with E-state index < -0.39 is 10.0 Å². The molecule has 1 aliphatic heterocycles. The van der Waals surface area contributed by atoms with E-state index in [1.54, 1.807) is 6.07 Å². The van der Waals surface area contributed by atoms with Crippen LogP contribution in [0.4, 0.5) is 0 Å². The third-order valence-electron chi connectivity index (χ3n) is 5.21. The van der Waals surface area contributed by atoms with Crippen LogP contribution in [0.2, 0.25) is 0 Å². The Hall–Kier alpha value is -1.80. The van der Waals surface area contributed by atoms with Gasteiger partial charge >= 0.3 is 0 Å². The maximum absolute atomic E-state index is 12.5. The van der Waals surface area contributed by atoms with Crippen LogP contribution in [0.15, 0.2) is 23.1 Å². The number of nitrogens with one attached hydrogen (secondary N) is 2. The van der Waals surface area contributed by atoms with Crippen LogP contribution < -0.4 is 19.5 Å². The van der Waals surface area contributed by atoms with E-state index >= 15 is 0 Å². The van der Waals surface area contributed by atoms with Gasteiger partial charge in [-0.15, -0.1) is 0 Å². The maximum atomic E-state index is 12.5. The summed E-state index contributed by atoms with van der Waals surface area (Å²) in [5.41, 5.74) is 0. The molecule has 2 N–H and O–H groups in total. The van der Waals surface area contributed by atoms with E-state index in [0.717, 1.165) is 13.0 Å². The molecule has 0 aromatic heterocycles. The average Bonchev–Trinajstić information content (AvgIpc) is 2.95. The molecule has 28 heavy (non-hydrogen) atoms. The lowest BCUT2D eigenvalue weighted by Crippen LogP contribution is -2.31. The summed E-state index contributed by atoms with van der Waals surface area (Å²) in [5.74, 6) is 1.59. The highest BCUT2D eigenvalue weighted by atomic mass is 32.2. The summed E-state index contributed by atoms with van der Waals surface area (Å²) in [7, 11) is -3.65. The first kappa shape index (κ1) is 20.9. The highest BCUT2D eigenvalue weighted by Crippen LogP contribution is 2.31. The van der Waals surface area contributed by atoms with Crippen LogP contribution in [-0.2, 0) is 14.8 Å². The molecule has 1 aromatic carbocycles. The molecular weight excluding hydrogens is 380 g/mol. The van der Waals surface area contributed by atoms with E-state index in [9.17, 15) is 13.2 Å². The van der Waals surface area contributed by atoms with E-state index in [0.29, 0.717) is 43.5 Å². The van der Waals surface area contributed by atoms with Crippen molar-refractivity contribution in [3.63, 3.8) is 0 Å². The average molecular weight is 411 g/mol. The van der Waals surface area contributed by atoms with Gasteiger partial charge in [0, 0.05) is 32.0 Å². The second-order valence-corrected chi connectivity index (χ2v) is 9.24. The van der Waals surface area contributed by atoms with Crippen LogP contribution in [0.3, 0.4) is 0 Å². The molecule has 0 radical (unpaired) electrons. The first-order valence-electron chi connectivity index (χ1n) is 10.2. The van der Waals surface area contributed by atoms with Gasteiger partial charge in [0.1, 0.15) is 0 Å². The van der Waals surface area contributed by atoms with Crippen molar-refractivity contribution in [2.24, 2.45) is 5.92 Å². The van der Waals surface area contributed by atoms with Gasteiger partial charge in [0.15, 0.2) is 11.5 Å². The number of fused-ring (bicyclic) bond motifs is 1. The van der Waals surface area contributed by atoms with E-state index in [1.165, 1.54) is 44.2 Å². The molecule has 1 fully saturated rings. The second-order valence-electron chi connectivity index (χ2n) is 7.47. The van der Waals surface area contributed by atoms with Crippen LogP contribution in [0.5, 0.6) is 11.5 Å². The Morgan fingerprint density at radius 1 is 1.04 bits per heavy atom. The Morgan fingerprint density at radius 3 is 2.57 bits per heavy atom. The van der Waals surface area contributed by atoms with Crippen molar-refractivity contribution in [1.82, 2.24) is 10.0 Å². The SMILES string of the molecule is O=C(CCCNS(=O)(=O)c1ccc2c(c1)OCCCO2)NCC1CCCCC1. The van der Waals surface area contributed by atoms with Gasteiger partial charge < -0.3 is 14.8 Å². The van der Waals surface area contributed by atoms with Crippen molar-refractivity contribution >= 4 is 15.9 Å². The molecule has 1 aromatic rings. The summed E-state index contributed by atoms with van der Waals surface area (Å²) in [6, 6.07) is 4.61. The number of benzene rings is 1. The first-order valence-corrected chi connectivity index (χ1v) is 11.7. The summed E-state index contributed by atoms with van der Waals surface area (Å²) in [5, 5.41) is 2.98. The van der Waals surface area contributed by atoms with Gasteiger partial charge in [-0.3, -0.25) is 4.79 Å². The van der Waals surface area contributed by atoms with Gasteiger partial charge in [-0.2, -0.15) is 0 Å². The van der Waals surface area contributed by atoms with Gasteiger partial charge in [0.05, 0.1) is 18.1 Å². The minimum Gasteiger partial charge on any atom is -0.490 e. The summed E-state index contributed by atoms with van der Waals surface area (Å²) in [6.45, 7) is 2.01. The van der Waals surface area contributed by atoms with Crippen molar-refractivity contribution in [3.8, 4) is 11.5 Å². The molecule has 8 heteroatoms. The first-order chi connectivity index (χ1) is 13.5. The summed E-state index contributed by atoms with van der Waals surface area (Å²) >= 11 is 0. The van der Waals surface area contributed by atoms with E-state index in [4.69, 9.17) is 9.47 Å². The number of ether oxygens (including phenoxy) is 2. The van der Waals surface area contributed by atoms with Crippen LogP contribution >= 0.6 is 0 Å². The van der Waals surface area contributed by atoms with Gasteiger partial charge in [-0.05, 0) is 37.3 Å². The third-order valence-corrected chi connectivity index (χ3v) is 6.67. The van der Waals surface area contributed by atoms with Crippen LogP contribution in [-0.4, -0.2) is 40.6 Å². The zero-order valence-corrected chi connectivity index (χ0v) is 17.1. The Kier molecular flexibility index (Phi) is 7.56. The maximum Gasteiger partial charge on any atom is 0.240 e. The molecule has 7 nitrogen and oxygen atoms in total. The number of carbonyl (C=O) groups excluding carboxylic acids is 1. The van der Waals surface area contributed by atoms with E-state index in [-0.39, 0.29) is 17.3 Å². The van der Waals surface area contributed by atoms with Crippen molar-refractivity contribution in [3.05, 3.63) is 18.2 Å². The number of carbonyl (C=O) groups is 1. The number of amides is 1. The fraction of sp³-hybridized carbons (Fsp3) is 0.650. The monoisotopic (exact) mass is 410 g/mol. The number of sulfonamides is 1.